The topological polar surface area (TPSA) is 76.7 Å². The lowest BCUT2D eigenvalue weighted by Crippen LogP contribution is -2.49. The molecular weight excluding hydrogens is 392 g/mol. The van der Waals surface area contributed by atoms with Crippen LogP contribution >= 0.6 is 0 Å². The van der Waals surface area contributed by atoms with Gasteiger partial charge in [-0.2, -0.15) is 0 Å². The summed E-state index contributed by atoms with van der Waals surface area (Å²) in [4.78, 5) is 25.4. The maximum absolute atomic E-state index is 12.8. The normalized spacial score (nSPS) is 11.9. The minimum atomic E-state index is -0.613. The molecule has 6 heteroatoms. The van der Waals surface area contributed by atoms with E-state index in [2.05, 4.69) is 10.6 Å². The third kappa shape index (κ3) is 8.52. The molecule has 0 saturated heterocycles. The minimum Gasteiger partial charge on any atom is -0.379 e. The van der Waals surface area contributed by atoms with Gasteiger partial charge >= 0.3 is 0 Å². The van der Waals surface area contributed by atoms with Crippen LogP contribution in [0.1, 0.15) is 47.8 Å². The quantitative estimate of drug-likeness (QED) is 0.508. The van der Waals surface area contributed by atoms with Crippen molar-refractivity contribution < 1.29 is 19.1 Å². The first-order chi connectivity index (χ1) is 14.9. The van der Waals surface area contributed by atoms with Gasteiger partial charge in [0.05, 0.1) is 19.8 Å². The zero-order valence-corrected chi connectivity index (χ0v) is 18.9. The maximum atomic E-state index is 12.8. The Labute approximate surface area is 185 Å². The summed E-state index contributed by atoms with van der Waals surface area (Å²) in [6, 6.07) is 14.6. The Morgan fingerprint density at radius 2 is 1.68 bits per heavy atom. The number of nitrogens with one attached hydrogen (secondary N) is 2. The van der Waals surface area contributed by atoms with Crippen LogP contribution in [0.25, 0.3) is 0 Å². The van der Waals surface area contributed by atoms with Crippen LogP contribution in [-0.4, -0.2) is 37.7 Å². The fraction of sp³-hybridized carbons (Fsp3) is 0.440. The van der Waals surface area contributed by atoms with E-state index in [1.807, 2.05) is 70.2 Å². The summed E-state index contributed by atoms with van der Waals surface area (Å²) < 4.78 is 10.9. The van der Waals surface area contributed by atoms with E-state index in [0.717, 1.165) is 16.7 Å². The first kappa shape index (κ1) is 24.6. The predicted octanol–water partition coefficient (Wildman–Crippen LogP) is 3.62. The number of rotatable bonds is 12. The smallest absolute Gasteiger partial charge is 0.251 e. The van der Waals surface area contributed by atoms with Gasteiger partial charge in [0.15, 0.2) is 0 Å². The van der Waals surface area contributed by atoms with E-state index >= 15 is 0 Å². The molecule has 2 aromatic rings. The van der Waals surface area contributed by atoms with Crippen molar-refractivity contribution in [3.63, 3.8) is 0 Å². The standard InChI is InChI=1S/C25H34N2O4/c1-5-30-12-13-31-17-21-10-7-9-20(15-21)16-26-25(29)23(18(2)3)27-24(28)22-11-6-8-19(4)14-22/h6-11,14-15,18,23H,5,12-13,16-17H2,1-4H3,(H,26,29)(H,27,28). The highest BCUT2D eigenvalue weighted by Gasteiger charge is 2.24. The van der Waals surface area contributed by atoms with Crippen LogP contribution in [0, 0.1) is 12.8 Å². The Morgan fingerprint density at radius 1 is 0.968 bits per heavy atom. The van der Waals surface area contributed by atoms with Crippen LogP contribution in [-0.2, 0) is 27.4 Å². The van der Waals surface area contributed by atoms with Crippen molar-refractivity contribution in [3.05, 3.63) is 70.8 Å². The summed E-state index contributed by atoms with van der Waals surface area (Å²) in [5.41, 5.74) is 3.57. The highest BCUT2D eigenvalue weighted by molar-refractivity contribution is 5.97. The zero-order chi connectivity index (χ0) is 22.6. The molecule has 0 aliphatic carbocycles. The summed E-state index contributed by atoms with van der Waals surface area (Å²) in [7, 11) is 0. The molecule has 2 N–H and O–H groups in total. The van der Waals surface area contributed by atoms with E-state index in [9.17, 15) is 9.59 Å². The average Bonchev–Trinajstić information content (AvgIpc) is 2.75. The van der Waals surface area contributed by atoms with Crippen molar-refractivity contribution in [2.75, 3.05) is 19.8 Å². The molecule has 2 amide bonds. The summed E-state index contributed by atoms with van der Waals surface area (Å²) in [6.07, 6.45) is 0. The Hall–Kier alpha value is -2.70. The van der Waals surface area contributed by atoms with Gasteiger partial charge < -0.3 is 20.1 Å². The van der Waals surface area contributed by atoms with Crippen molar-refractivity contribution in [2.45, 2.75) is 46.9 Å². The largest absolute Gasteiger partial charge is 0.379 e. The van der Waals surface area contributed by atoms with Gasteiger partial charge in [0, 0.05) is 18.7 Å². The van der Waals surface area contributed by atoms with Crippen molar-refractivity contribution in [1.82, 2.24) is 10.6 Å². The second kappa shape index (κ2) is 12.9. The molecule has 1 atom stereocenters. The molecule has 6 nitrogen and oxygen atoms in total. The van der Waals surface area contributed by atoms with E-state index in [1.165, 1.54) is 0 Å². The van der Waals surface area contributed by atoms with Gasteiger partial charge in [-0.15, -0.1) is 0 Å². The summed E-state index contributed by atoms with van der Waals surface area (Å²) in [6.45, 7) is 10.4. The summed E-state index contributed by atoms with van der Waals surface area (Å²) in [5, 5.41) is 5.81. The van der Waals surface area contributed by atoms with Crippen LogP contribution in [0.4, 0.5) is 0 Å². The van der Waals surface area contributed by atoms with Crippen molar-refractivity contribution in [2.24, 2.45) is 5.92 Å². The van der Waals surface area contributed by atoms with Crippen molar-refractivity contribution >= 4 is 11.8 Å². The first-order valence-electron chi connectivity index (χ1n) is 10.8. The lowest BCUT2D eigenvalue weighted by atomic mass is 10.0. The van der Waals surface area contributed by atoms with Gasteiger partial charge in [-0.05, 0) is 43.0 Å². The van der Waals surface area contributed by atoms with Crippen LogP contribution in [0.2, 0.25) is 0 Å². The molecule has 0 radical (unpaired) electrons. The molecule has 31 heavy (non-hydrogen) atoms. The number of ether oxygens (including phenoxy) is 2. The summed E-state index contributed by atoms with van der Waals surface area (Å²) >= 11 is 0. The Balaban J connectivity index is 1.90. The molecular formula is C25H34N2O4. The summed E-state index contributed by atoms with van der Waals surface area (Å²) in [5.74, 6) is -0.489. The van der Waals surface area contributed by atoms with Gasteiger partial charge in [0.1, 0.15) is 6.04 Å². The van der Waals surface area contributed by atoms with Crippen LogP contribution < -0.4 is 10.6 Å². The Kier molecular flexibility index (Phi) is 10.2. The number of aryl methyl sites for hydroxylation is 1. The number of carbonyl (C=O) groups excluding carboxylic acids is 2. The molecule has 0 spiro atoms. The lowest BCUT2D eigenvalue weighted by molar-refractivity contribution is -0.124. The Bertz CT molecular complexity index is 851. The van der Waals surface area contributed by atoms with E-state index in [0.29, 0.717) is 38.5 Å². The van der Waals surface area contributed by atoms with E-state index in [1.54, 1.807) is 6.07 Å². The molecule has 1 unspecified atom stereocenters. The third-order valence-electron chi connectivity index (χ3n) is 4.82. The van der Waals surface area contributed by atoms with Crippen LogP contribution in [0.15, 0.2) is 48.5 Å². The molecule has 0 bridgehead atoms. The second-order valence-corrected chi connectivity index (χ2v) is 7.85. The number of carbonyl (C=O) groups is 2. The monoisotopic (exact) mass is 426 g/mol. The van der Waals surface area contributed by atoms with Crippen molar-refractivity contribution in [3.8, 4) is 0 Å². The average molecular weight is 427 g/mol. The van der Waals surface area contributed by atoms with Gasteiger partial charge in [-0.1, -0.05) is 55.8 Å². The molecule has 0 fully saturated rings. The van der Waals surface area contributed by atoms with Crippen LogP contribution in [0.3, 0.4) is 0 Å². The van der Waals surface area contributed by atoms with Gasteiger partial charge in [-0.25, -0.2) is 0 Å². The van der Waals surface area contributed by atoms with Crippen molar-refractivity contribution in [1.29, 1.82) is 0 Å². The van der Waals surface area contributed by atoms with Gasteiger partial charge in [0.2, 0.25) is 5.91 Å². The van der Waals surface area contributed by atoms with E-state index in [-0.39, 0.29) is 17.7 Å². The van der Waals surface area contributed by atoms with Gasteiger partial charge in [0.25, 0.3) is 5.91 Å². The number of benzene rings is 2. The molecule has 0 aliphatic rings. The number of hydrogen-bond donors (Lipinski definition) is 2. The molecule has 2 aromatic carbocycles. The lowest BCUT2D eigenvalue weighted by Gasteiger charge is -2.22. The molecule has 2 rings (SSSR count). The highest BCUT2D eigenvalue weighted by atomic mass is 16.5. The molecule has 0 aromatic heterocycles. The minimum absolute atomic E-state index is 0.0427. The zero-order valence-electron chi connectivity index (χ0n) is 18.9. The first-order valence-corrected chi connectivity index (χ1v) is 10.8. The Morgan fingerprint density at radius 3 is 2.39 bits per heavy atom. The molecule has 168 valence electrons. The maximum Gasteiger partial charge on any atom is 0.251 e. The van der Waals surface area contributed by atoms with E-state index < -0.39 is 6.04 Å². The fourth-order valence-electron chi connectivity index (χ4n) is 3.13. The molecule has 0 saturated carbocycles. The SMILES string of the molecule is CCOCCOCc1cccc(CNC(=O)C(NC(=O)c2cccc(C)c2)C(C)C)c1. The van der Waals surface area contributed by atoms with Gasteiger partial charge in [-0.3, -0.25) is 9.59 Å². The fourth-order valence-corrected chi connectivity index (χ4v) is 3.13. The number of amides is 2. The molecule has 0 aliphatic heterocycles. The third-order valence-corrected chi connectivity index (χ3v) is 4.82. The van der Waals surface area contributed by atoms with E-state index in [4.69, 9.17) is 9.47 Å². The highest BCUT2D eigenvalue weighted by Crippen LogP contribution is 2.09. The molecule has 0 heterocycles. The number of hydrogen-bond acceptors (Lipinski definition) is 4. The van der Waals surface area contributed by atoms with Crippen LogP contribution in [0.5, 0.6) is 0 Å². The predicted molar refractivity (Wildman–Crippen MR) is 122 cm³/mol. The second-order valence-electron chi connectivity index (χ2n) is 7.85.